The van der Waals surface area contributed by atoms with Crippen LogP contribution in [0.25, 0.3) is 11.0 Å². The molecule has 2 atom stereocenters. The van der Waals surface area contributed by atoms with Crippen molar-refractivity contribution in [2.75, 3.05) is 26.2 Å². The van der Waals surface area contributed by atoms with E-state index in [1.165, 1.54) is 4.90 Å². The lowest BCUT2D eigenvalue weighted by Gasteiger charge is -2.39. The molecule has 1 saturated heterocycles. The standard InChI is InChI=1S/C35H39N5O6/c1-5-39-19-33(41)37-30-18-40(34(42)24-9-10-31-29(16-24)36-21-38(31)4)12-11-32(30)44-20-23-7-6-8-26(13-23)46-28-15-25(35(39)43)14-27(17-28)45-22(2)3/h6-10,13-17,21-22,30,32H,5,11-12,18-20H2,1-4H3,(H,37,41)/t30-,32-/m0/s1. The predicted octanol–water partition coefficient (Wildman–Crippen LogP) is 4.54. The largest absolute Gasteiger partial charge is 0.491 e. The van der Waals surface area contributed by atoms with Crippen LogP contribution in [0.15, 0.2) is 67.0 Å². The number of piperidine rings is 1. The minimum Gasteiger partial charge on any atom is -0.491 e. The van der Waals surface area contributed by atoms with Crippen LogP contribution in [0.2, 0.25) is 0 Å². The molecule has 0 aliphatic carbocycles. The maximum Gasteiger partial charge on any atom is 0.254 e. The van der Waals surface area contributed by atoms with E-state index in [1.54, 1.807) is 41.6 Å². The Balaban J connectivity index is 1.28. The molecular formula is C35H39N5O6. The van der Waals surface area contributed by atoms with Gasteiger partial charge in [-0.05, 0) is 75.2 Å². The van der Waals surface area contributed by atoms with Crippen molar-refractivity contribution in [2.45, 2.75) is 52.0 Å². The van der Waals surface area contributed by atoms with Crippen molar-refractivity contribution in [3.8, 4) is 17.2 Å². The fraction of sp³-hybridized carbons (Fsp3) is 0.371. The topological polar surface area (TPSA) is 115 Å². The van der Waals surface area contributed by atoms with Gasteiger partial charge in [0, 0.05) is 43.9 Å². The zero-order valence-electron chi connectivity index (χ0n) is 26.6. The fourth-order valence-electron chi connectivity index (χ4n) is 5.97. The van der Waals surface area contributed by atoms with E-state index >= 15 is 0 Å². The average molecular weight is 626 g/mol. The molecule has 4 bridgehead atoms. The molecule has 1 fully saturated rings. The summed E-state index contributed by atoms with van der Waals surface area (Å²) in [6.45, 7) is 6.81. The van der Waals surface area contributed by atoms with Crippen LogP contribution in [-0.4, -0.2) is 81.5 Å². The molecular weight excluding hydrogens is 586 g/mol. The number of carbonyl (C=O) groups is 3. The van der Waals surface area contributed by atoms with E-state index in [-0.39, 0.29) is 43.0 Å². The first-order valence-corrected chi connectivity index (χ1v) is 15.7. The van der Waals surface area contributed by atoms with Crippen LogP contribution in [0, 0.1) is 0 Å². The highest BCUT2D eigenvalue weighted by atomic mass is 16.5. The Morgan fingerprint density at radius 3 is 2.74 bits per heavy atom. The molecule has 46 heavy (non-hydrogen) atoms. The summed E-state index contributed by atoms with van der Waals surface area (Å²) in [4.78, 5) is 48.5. The second-order valence-corrected chi connectivity index (χ2v) is 12.1. The number of likely N-dealkylation sites (N-methyl/N-ethyl adjacent to an activating group) is 1. The molecule has 0 unspecified atom stereocenters. The fourth-order valence-corrected chi connectivity index (χ4v) is 5.97. The van der Waals surface area contributed by atoms with Gasteiger partial charge in [-0.15, -0.1) is 0 Å². The van der Waals surface area contributed by atoms with Gasteiger partial charge in [-0.3, -0.25) is 14.4 Å². The van der Waals surface area contributed by atoms with Gasteiger partial charge in [0.05, 0.1) is 48.8 Å². The molecule has 0 spiro atoms. The summed E-state index contributed by atoms with van der Waals surface area (Å²) in [6, 6.07) is 17.7. The third-order valence-electron chi connectivity index (χ3n) is 8.26. The molecule has 2 aliphatic rings. The van der Waals surface area contributed by atoms with Crippen molar-refractivity contribution < 1.29 is 28.6 Å². The first kappa shape index (κ1) is 31.1. The molecule has 3 heterocycles. The van der Waals surface area contributed by atoms with Crippen molar-refractivity contribution >= 4 is 28.8 Å². The SMILES string of the molecule is CCN1CC(=O)N[C@H]2CN(C(=O)c3ccc4c(c3)ncn4C)CC[C@@H]2OCc2cccc(c2)Oc2cc(OC(C)C)cc(c2)C1=O. The molecule has 4 aromatic rings. The number of carbonyl (C=O) groups excluding carboxylic acids is 3. The van der Waals surface area contributed by atoms with Gasteiger partial charge in [0.1, 0.15) is 17.2 Å². The summed E-state index contributed by atoms with van der Waals surface area (Å²) in [5, 5.41) is 3.09. The highest BCUT2D eigenvalue weighted by molar-refractivity contribution is 5.98. The van der Waals surface area contributed by atoms with Gasteiger partial charge in [-0.25, -0.2) is 4.98 Å². The number of nitrogens with one attached hydrogen (secondary N) is 1. The summed E-state index contributed by atoms with van der Waals surface area (Å²) in [5.41, 5.74) is 3.46. The second-order valence-electron chi connectivity index (χ2n) is 12.1. The van der Waals surface area contributed by atoms with Gasteiger partial charge in [-0.1, -0.05) is 12.1 Å². The molecule has 240 valence electrons. The van der Waals surface area contributed by atoms with Crippen molar-refractivity contribution in [3.63, 3.8) is 0 Å². The van der Waals surface area contributed by atoms with Crippen molar-refractivity contribution in [3.05, 3.63) is 83.7 Å². The number of amides is 3. The van der Waals surface area contributed by atoms with E-state index in [2.05, 4.69) is 10.3 Å². The molecule has 11 heteroatoms. The predicted molar refractivity (Wildman–Crippen MR) is 172 cm³/mol. The third-order valence-corrected chi connectivity index (χ3v) is 8.26. The maximum absolute atomic E-state index is 13.7. The minimum absolute atomic E-state index is 0.114. The number of rotatable bonds is 4. The van der Waals surface area contributed by atoms with Gasteiger partial charge < -0.3 is 33.9 Å². The Hall–Kier alpha value is -4.90. The van der Waals surface area contributed by atoms with Crippen LogP contribution in [0.3, 0.4) is 0 Å². The molecule has 6 rings (SSSR count). The summed E-state index contributed by atoms with van der Waals surface area (Å²) in [6.07, 6.45) is 1.78. The number of nitrogens with zero attached hydrogens (tertiary/aromatic N) is 4. The van der Waals surface area contributed by atoms with Crippen LogP contribution >= 0.6 is 0 Å². The van der Waals surface area contributed by atoms with Gasteiger partial charge in [-0.2, -0.15) is 0 Å². The molecule has 1 N–H and O–H groups in total. The van der Waals surface area contributed by atoms with Gasteiger partial charge in [0.25, 0.3) is 11.8 Å². The summed E-state index contributed by atoms with van der Waals surface area (Å²) in [5.74, 6) is 0.743. The summed E-state index contributed by atoms with van der Waals surface area (Å²) < 4.78 is 20.4. The number of hydrogen-bond donors (Lipinski definition) is 1. The average Bonchev–Trinajstić information content (AvgIpc) is 3.41. The smallest absolute Gasteiger partial charge is 0.254 e. The van der Waals surface area contributed by atoms with E-state index in [4.69, 9.17) is 14.2 Å². The van der Waals surface area contributed by atoms with Crippen LogP contribution in [-0.2, 0) is 23.2 Å². The zero-order valence-corrected chi connectivity index (χ0v) is 26.6. The van der Waals surface area contributed by atoms with Crippen LogP contribution in [0.5, 0.6) is 17.2 Å². The lowest BCUT2D eigenvalue weighted by atomic mass is 10.00. The Kier molecular flexibility index (Phi) is 8.94. The number of benzene rings is 3. The summed E-state index contributed by atoms with van der Waals surface area (Å²) >= 11 is 0. The van der Waals surface area contributed by atoms with Crippen molar-refractivity contribution in [2.24, 2.45) is 7.05 Å². The number of aromatic nitrogens is 2. The Morgan fingerprint density at radius 1 is 1.09 bits per heavy atom. The number of aryl methyl sites for hydroxylation is 1. The van der Waals surface area contributed by atoms with Gasteiger partial charge >= 0.3 is 0 Å². The molecule has 0 saturated carbocycles. The normalized spacial score (nSPS) is 19.1. The zero-order chi connectivity index (χ0) is 32.4. The first-order valence-electron chi connectivity index (χ1n) is 15.7. The number of imidazole rings is 1. The Morgan fingerprint density at radius 2 is 1.93 bits per heavy atom. The monoisotopic (exact) mass is 625 g/mol. The van der Waals surface area contributed by atoms with E-state index in [0.717, 1.165) is 16.6 Å². The number of ether oxygens (including phenoxy) is 3. The summed E-state index contributed by atoms with van der Waals surface area (Å²) in [7, 11) is 1.91. The molecule has 1 aromatic heterocycles. The lowest BCUT2D eigenvalue weighted by molar-refractivity contribution is -0.124. The number of hydrogen-bond acceptors (Lipinski definition) is 7. The number of fused-ring (bicyclic) bond motifs is 6. The van der Waals surface area contributed by atoms with E-state index < -0.39 is 6.04 Å². The van der Waals surface area contributed by atoms with Crippen molar-refractivity contribution in [1.82, 2.24) is 24.7 Å². The van der Waals surface area contributed by atoms with Gasteiger partial charge in [0.2, 0.25) is 5.91 Å². The van der Waals surface area contributed by atoms with Gasteiger partial charge in [0.15, 0.2) is 0 Å². The quantitative estimate of drug-likeness (QED) is 0.354. The molecule has 0 radical (unpaired) electrons. The van der Waals surface area contributed by atoms with Crippen LogP contribution in [0.4, 0.5) is 0 Å². The van der Waals surface area contributed by atoms with Crippen LogP contribution < -0.4 is 14.8 Å². The van der Waals surface area contributed by atoms with E-state index in [0.29, 0.717) is 54.5 Å². The van der Waals surface area contributed by atoms with E-state index in [1.807, 2.05) is 62.7 Å². The third kappa shape index (κ3) is 6.84. The lowest BCUT2D eigenvalue weighted by Crippen LogP contribution is -2.58. The Labute approximate surface area is 268 Å². The Bertz CT molecular complexity index is 1770. The molecule has 2 aliphatic heterocycles. The molecule has 3 amide bonds. The van der Waals surface area contributed by atoms with Crippen LogP contribution in [0.1, 0.15) is 53.5 Å². The minimum atomic E-state index is -0.487. The molecule has 3 aromatic carbocycles. The highest BCUT2D eigenvalue weighted by Crippen LogP contribution is 2.30. The van der Waals surface area contributed by atoms with Crippen molar-refractivity contribution in [1.29, 1.82) is 0 Å². The maximum atomic E-state index is 13.7. The van der Waals surface area contributed by atoms with E-state index in [9.17, 15) is 14.4 Å². The highest BCUT2D eigenvalue weighted by Gasteiger charge is 2.34. The second kappa shape index (κ2) is 13.2. The first-order chi connectivity index (χ1) is 22.2. The number of likely N-dealkylation sites (tertiary alicyclic amines) is 1. The molecule has 11 nitrogen and oxygen atoms in total.